The number of ether oxygens (including phenoxy) is 1. The predicted octanol–water partition coefficient (Wildman–Crippen LogP) is 2.12. The Morgan fingerprint density at radius 2 is 2.08 bits per heavy atom. The number of tetrazole rings is 1. The van der Waals surface area contributed by atoms with Crippen molar-refractivity contribution in [3.8, 4) is 22.9 Å². The fourth-order valence-electron chi connectivity index (χ4n) is 2.13. The van der Waals surface area contributed by atoms with Crippen molar-refractivity contribution in [3.05, 3.63) is 47.8 Å². The summed E-state index contributed by atoms with van der Waals surface area (Å²) in [5.41, 5.74) is 2.05. The van der Waals surface area contributed by atoms with Gasteiger partial charge in [0.05, 0.1) is 12.1 Å². The van der Waals surface area contributed by atoms with Gasteiger partial charge in [-0.3, -0.25) is 0 Å². The first-order valence-electron chi connectivity index (χ1n) is 7.05. The molecule has 0 saturated heterocycles. The van der Waals surface area contributed by atoms with Crippen LogP contribution in [-0.2, 0) is 6.54 Å². The lowest BCUT2D eigenvalue weighted by molar-refractivity contribution is 0.192. The number of aromatic nitrogens is 6. The van der Waals surface area contributed by atoms with Crippen molar-refractivity contribution in [2.75, 3.05) is 0 Å². The molecule has 2 heterocycles. The van der Waals surface area contributed by atoms with Crippen LogP contribution >= 0.6 is 11.6 Å². The summed E-state index contributed by atoms with van der Waals surface area (Å²) >= 11 is 5.71. The molecule has 0 bridgehead atoms. The lowest BCUT2D eigenvalue weighted by Crippen LogP contribution is -2.20. The van der Waals surface area contributed by atoms with Gasteiger partial charge in [0.15, 0.2) is 0 Å². The van der Waals surface area contributed by atoms with E-state index < -0.39 is 0 Å². The van der Waals surface area contributed by atoms with Gasteiger partial charge in [-0.25, -0.2) is 14.6 Å². The fraction of sp³-hybridized carbons (Fsp3) is 0.200. The Labute approximate surface area is 142 Å². The molecule has 3 rings (SSSR count). The summed E-state index contributed by atoms with van der Waals surface area (Å²) in [5, 5.41) is 20.4. The number of nitriles is 1. The molecule has 0 radical (unpaired) electrons. The average molecular weight is 342 g/mol. The normalized spacial score (nSPS) is 11.7. The highest BCUT2D eigenvalue weighted by atomic mass is 35.5. The maximum Gasteiger partial charge on any atom is 0.222 e. The molecule has 0 aliphatic carbocycles. The molecule has 9 heteroatoms. The minimum Gasteiger partial charge on any atom is -0.487 e. The second-order valence-electron chi connectivity index (χ2n) is 5.02. The van der Waals surface area contributed by atoms with Crippen LogP contribution in [0.15, 0.2) is 36.9 Å². The summed E-state index contributed by atoms with van der Waals surface area (Å²) in [6, 6.07) is 7.41. The number of rotatable bonds is 5. The topological polar surface area (TPSA) is 102 Å². The molecule has 1 aromatic carbocycles. The van der Waals surface area contributed by atoms with Crippen LogP contribution in [0.3, 0.4) is 0 Å². The largest absolute Gasteiger partial charge is 0.487 e. The third-order valence-electron chi connectivity index (χ3n) is 3.22. The van der Waals surface area contributed by atoms with E-state index in [1.54, 1.807) is 29.2 Å². The number of nitrogens with zero attached hydrogens (tertiary/aromatic N) is 7. The van der Waals surface area contributed by atoms with Crippen molar-refractivity contribution in [1.82, 2.24) is 30.2 Å². The highest BCUT2D eigenvalue weighted by molar-refractivity contribution is 6.28. The molecule has 120 valence electrons. The van der Waals surface area contributed by atoms with E-state index in [2.05, 4.69) is 31.6 Å². The molecule has 0 aliphatic rings. The van der Waals surface area contributed by atoms with Gasteiger partial charge in [0.2, 0.25) is 5.28 Å². The first-order valence-corrected chi connectivity index (χ1v) is 7.43. The van der Waals surface area contributed by atoms with Crippen LogP contribution in [0.5, 0.6) is 5.75 Å². The summed E-state index contributed by atoms with van der Waals surface area (Å²) in [5.74, 6) is 0.477. The van der Waals surface area contributed by atoms with Crippen molar-refractivity contribution in [1.29, 1.82) is 5.26 Å². The van der Waals surface area contributed by atoms with Gasteiger partial charge in [-0.05, 0) is 46.6 Å². The van der Waals surface area contributed by atoms with E-state index in [4.69, 9.17) is 16.3 Å². The molecule has 8 nitrogen and oxygen atoms in total. The van der Waals surface area contributed by atoms with Gasteiger partial charge in [-0.15, -0.1) is 5.10 Å². The smallest absolute Gasteiger partial charge is 0.222 e. The summed E-state index contributed by atoms with van der Waals surface area (Å²) in [6.45, 7) is 2.34. The van der Waals surface area contributed by atoms with Crippen molar-refractivity contribution >= 4 is 11.6 Å². The Balaban J connectivity index is 1.84. The minimum atomic E-state index is -0.225. The Kier molecular flexibility index (Phi) is 4.63. The van der Waals surface area contributed by atoms with Crippen molar-refractivity contribution in [2.45, 2.75) is 19.6 Å². The first kappa shape index (κ1) is 15.8. The molecule has 0 saturated carbocycles. The van der Waals surface area contributed by atoms with E-state index in [0.717, 1.165) is 11.1 Å². The van der Waals surface area contributed by atoms with E-state index in [9.17, 15) is 5.26 Å². The van der Waals surface area contributed by atoms with E-state index >= 15 is 0 Å². The molecule has 0 unspecified atom stereocenters. The summed E-state index contributed by atoms with van der Waals surface area (Å²) in [6.07, 6.45) is 4.51. The standard InChI is InChI=1S/C15H12ClN7O/c1-10(8-23-9-20-21-22-23)24-14-4-11(2-3-12(14)5-17)13-6-18-15(16)19-7-13/h2-4,6-7,9-10H,8H2,1H3/t10-/m0/s1. The molecule has 0 N–H and O–H groups in total. The molecule has 3 aromatic rings. The molecule has 0 fully saturated rings. The number of halogens is 1. The summed E-state index contributed by atoms with van der Waals surface area (Å²) < 4.78 is 7.45. The van der Waals surface area contributed by atoms with E-state index in [1.165, 1.54) is 6.33 Å². The molecule has 0 spiro atoms. The maximum atomic E-state index is 9.28. The monoisotopic (exact) mass is 341 g/mol. The SMILES string of the molecule is C[C@@H](Cn1cnnn1)Oc1cc(-c2cnc(Cl)nc2)ccc1C#N. The van der Waals surface area contributed by atoms with Crippen molar-refractivity contribution in [3.63, 3.8) is 0 Å². The van der Waals surface area contributed by atoms with Crippen LogP contribution in [0.2, 0.25) is 5.28 Å². The van der Waals surface area contributed by atoms with E-state index in [1.807, 2.05) is 13.0 Å². The zero-order chi connectivity index (χ0) is 16.9. The molecule has 1 atom stereocenters. The van der Waals surface area contributed by atoms with Gasteiger partial charge < -0.3 is 4.74 Å². The zero-order valence-electron chi connectivity index (χ0n) is 12.7. The third-order valence-corrected chi connectivity index (χ3v) is 3.41. The number of benzene rings is 1. The van der Waals surface area contributed by atoms with Gasteiger partial charge in [0, 0.05) is 18.0 Å². The van der Waals surface area contributed by atoms with Crippen LogP contribution in [0, 0.1) is 11.3 Å². The third kappa shape index (κ3) is 3.64. The quantitative estimate of drug-likeness (QED) is 0.655. The van der Waals surface area contributed by atoms with Crippen LogP contribution in [0.4, 0.5) is 0 Å². The Hall–Kier alpha value is -3.05. The summed E-state index contributed by atoms with van der Waals surface area (Å²) in [4.78, 5) is 7.92. The molecule has 24 heavy (non-hydrogen) atoms. The van der Waals surface area contributed by atoms with Crippen molar-refractivity contribution < 1.29 is 4.74 Å². The lowest BCUT2D eigenvalue weighted by atomic mass is 10.1. The van der Waals surface area contributed by atoms with Crippen LogP contribution in [0.1, 0.15) is 12.5 Å². The highest BCUT2D eigenvalue weighted by Gasteiger charge is 2.12. The lowest BCUT2D eigenvalue weighted by Gasteiger charge is -2.16. The molecule has 2 aromatic heterocycles. The second kappa shape index (κ2) is 7.02. The Morgan fingerprint density at radius 1 is 1.29 bits per heavy atom. The van der Waals surface area contributed by atoms with E-state index in [-0.39, 0.29) is 11.4 Å². The van der Waals surface area contributed by atoms with Crippen LogP contribution in [0.25, 0.3) is 11.1 Å². The van der Waals surface area contributed by atoms with Gasteiger partial charge in [-0.1, -0.05) is 6.07 Å². The Morgan fingerprint density at radius 3 is 2.75 bits per heavy atom. The molecular weight excluding hydrogens is 330 g/mol. The van der Waals surface area contributed by atoms with Gasteiger partial charge >= 0.3 is 0 Å². The van der Waals surface area contributed by atoms with E-state index in [0.29, 0.717) is 17.9 Å². The van der Waals surface area contributed by atoms with Crippen LogP contribution in [-0.4, -0.2) is 36.3 Å². The average Bonchev–Trinajstić information content (AvgIpc) is 3.08. The van der Waals surface area contributed by atoms with Gasteiger partial charge in [0.1, 0.15) is 24.3 Å². The number of hydrogen-bond acceptors (Lipinski definition) is 7. The highest BCUT2D eigenvalue weighted by Crippen LogP contribution is 2.27. The predicted molar refractivity (Wildman–Crippen MR) is 85.1 cm³/mol. The minimum absolute atomic E-state index is 0.180. The fourth-order valence-corrected chi connectivity index (χ4v) is 2.23. The number of hydrogen-bond donors (Lipinski definition) is 0. The van der Waals surface area contributed by atoms with Crippen LogP contribution < -0.4 is 4.74 Å². The summed E-state index contributed by atoms with van der Waals surface area (Å²) in [7, 11) is 0. The van der Waals surface area contributed by atoms with Gasteiger partial charge in [0.25, 0.3) is 0 Å². The second-order valence-corrected chi connectivity index (χ2v) is 5.36. The van der Waals surface area contributed by atoms with Gasteiger partial charge in [-0.2, -0.15) is 5.26 Å². The molecular formula is C15H12ClN7O. The molecule has 0 aliphatic heterocycles. The Bertz CT molecular complexity index is 859. The van der Waals surface area contributed by atoms with Crippen molar-refractivity contribution in [2.24, 2.45) is 0 Å². The maximum absolute atomic E-state index is 9.28. The molecule has 0 amide bonds. The zero-order valence-corrected chi connectivity index (χ0v) is 13.4. The first-order chi connectivity index (χ1) is 11.7.